The van der Waals surface area contributed by atoms with Gasteiger partial charge < -0.3 is 19.7 Å². The Labute approximate surface area is 200 Å². The molecule has 0 bridgehead atoms. The topological polar surface area (TPSA) is 67.9 Å². The number of hydrogen-bond donors (Lipinski definition) is 1. The molecule has 178 valence electrons. The van der Waals surface area contributed by atoms with Crippen LogP contribution in [0.5, 0.6) is 5.75 Å². The SMILES string of the molecule is COc1cccc(C(C(=O)NC2CCCCC2)N(CC2CCCO2)C(=O)Cc2cccs2)c1. The lowest BCUT2D eigenvalue weighted by molar-refractivity contribution is -0.142. The molecule has 0 spiro atoms. The average Bonchev–Trinajstić information content (AvgIpc) is 3.54. The second-order valence-electron chi connectivity index (χ2n) is 8.96. The third-order valence-electron chi connectivity index (χ3n) is 6.57. The molecule has 1 saturated carbocycles. The minimum absolute atomic E-state index is 0.0483. The van der Waals surface area contributed by atoms with E-state index in [1.165, 1.54) is 6.42 Å². The van der Waals surface area contributed by atoms with Crippen LogP contribution in [0.3, 0.4) is 0 Å². The van der Waals surface area contributed by atoms with E-state index in [0.717, 1.165) is 49.0 Å². The molecule has 1 N–H and O–H groups in total. The van der Waals surface area contributed by atoms with Crippen molar-refractivity contribution < 1.29 is 19.1 Å². The van der Waals surface area contributed by atoms with Gasteiger partial charge in [-0.15, -0.1) is 11.3 Å². The predicted molar refractivity (Wildman–Crippen MR) is 129 cm³/mol. The molecule has 1 aliphatic carbocycles. The Morgan fingerprint density at radius 2 is 2.00 bits per heavy atom. The Hall–Kier alpha value is -2.38. The number of methoxy groups -OCH3 is 1. The van der Waals surface area contributed by atoms with Crippen molar-refractivity contribution in [3.63, 3.8) is 0 Å². The van der Waals surface area contributed by atoms with Crippen molar-refractivity contribution >= 4 is 23.2 Å². The molecular weight excluding hydrogens is 436 g/mol. The summed E-state index contributed by atoms with van der Waals surface area (Å²) in [6.07, 6.45) is 7.58. The third kappa shape index (κ3) is 6.36. The summed E-state index contributed by atoms with van der Waals surface area (Å²) in [6, 6.07) is 10.9. The number of benzene rings is 1. The number of amides is 2. The number of carbonyl (C=O) groups is 2. The van der Waals surface area contributed by atoms with Crippen molar-refractivity contribution in [1.29, 1.82) is 0 Å². The summed E-state index contributed by atoms with van der Waals surface area (Å²) < 4.78 is 11.3. The molecule has 1 aliphatic heterocycles. The van der Waals surface area contributed by atoms with Crippen molar-refractivity contribution in [3.05, 3.63) is 52.2 Å². The summed E-state index contributed by atoms with van der Waals surface area (Å²) in [5, 5.41) is 5.24. The van der Waals surface area contributed by atoms with E-state index in [4.69, 9.17) is 9.47 Å². The van der Waals surface area contributed by atoms with Gasteiger partial charge in [-0.3, -0.25) is 9.59 Å². The monoisotopic (exact) mass is 470 g/mol. The minimum Gasteiger partial charge on any atom is -0.497 e. The van der Waals surface area contributed by atoms with Gasteiger partial charge in [0.1, 0.15) is 11.8 Å². The quantitative estimate of drug-likeness (QED) is 0.586. The Balaban J connectivity index is 1.65. The Kier molecular flexibility index (Phi) is 8.40. The van der Waals surface area contributed by atoms with Gasteiger partial charge in [-0.2, -0.15) is 0 Å². The summed E-state index contributed by atoms with van der Waals surface area (Å²) in [4.78, 5) is 30.1. The number of thiophene rings is 1. The molecule has 33 heavy (non-hydrogen) atoms. The van der Waals surface area contributed by atoms with Crippen molar-refractivity contribution in [1.82, 2.24) is 10.2 Å². The van der Waals surface area contributed by atoms with Gasteiger partial charge >= 0.3 is 0 Å². The summed E-state index contributed by atoms with van der Waals surface area (Å²) in [7, 11) is 1.61. The zero-order chi connectivity index (χ0) is 23.0. The van der Waals surface area contributed by atoms with Crippen molar-refractivity contribution in [2.45, 2.75) is 69.6 Å². The van der Waals surface area contributed by atoms with Crippen LogP contribution in [0.15, 0.2) is 41.8 Å². The van der Waals surface area contributed by atoms with E-state index in [1.807, 2.05) is 41.8 Å². The second-order valence-corrected chi connectivity index (χ2v) is 9.99. The first-order chi connectivity index (χ1) is 16.1. The van der Waals surface area contributed by atoms with Gasteiger partial charge in [-0.1, -0.05) is 37.5 Å². The molecule has 1 aromatic carbocycles. The van der Waals surface area contributed by atoms with Crippen molar-refractivity contribution in [2.75, 3.05) is 20.3 Å². The van der Waals surface area contributed by atoms with Crippen LogP contribution < -0.4 is 10.1 Å². The minimum atomic E-state index is -0.723. The lowest BCUT2D eigenvalue weighted by atomic mass is 9.94. The normalized spacial score (nSPS) is 19.7. The average molecular weight is 471 g/mol. The number of nitrogens with zero attached hydrogens (tertiary/aromatic N) is 1. The molecule has 2 heterocycles. The summed E-state index contributed by atoms with van der Waals surface area (Å²) in [6.45, 7) is 1.11. The van der Waals surface area contributed by atoms with E-state index in [2.05, 4.69) is 5.32 Å². The molecule has 1 saturated heterocycles. The van der Waals surface area contributed by atoms with Gasteiger partial charge in [0.15, 0.2) is 0 Å². The number of hydrogen-bond acceptors (Lipinski definition) is 5. The standard InChI is InChI=1S/C26H34N2O4S/c1-31-21-11-5-8-19(16-21)25(26(30)27-20-9-3-2-4-10-20)28(18-22-12-6-14-32-22)24(29)17-23-13-7-15-33-23/h5,7-8,11,13,15-16,20,22,25H,2-4,6,9-10,12,14,17-18H2,1H3,(H,27,30). The van der Waals surface area contributed by atoms with E-state index in [1.54, 1.807) is 23.3 Å². The summed E-state index contributed by atoms with van der Waals surface area (Å²) in [5.74, 6) is 0.498. The van der Waals surface area contributed by atoms with Crippen LogP contribution in [0.25, 0.3) is 0 Å². The third-order valence-corrected chi connectivity index (χ3v) is 7.45. The van der Waals surface area contributed by atoms with Gasteiger partial charge in [-0.25, -0.2) is 0 Å². The number of rotatable bonds is 9. The molecule has 2 aromatic rings. The van der Waals surface area contributed by atoms with E-state index in [0.29, 0.717) is 18.9 Å². The zero-order valence-electron chi connectivity index (χ0n) is 19.3. The first-order valence-electron chi connectivity index (χ1n) is 12.0. The molecule has 7 heteroatoms. The van der Waals surface area contributed by atoms with Gasteiger partial charge in [0.2, 0.25) is 11.8 Å². The maximum absolute atomic E-state index is 13.7. The Morgan fingerprint density at radius 1 is 1.15 bits per heavy atom. The lowest BCUT2D eigenvalue weighted by Gasteiger charge is -2.34. The molecule has 6 nitrogen and oxygen atoms in total. The molecular formula is C26H34N2O4S. The largest absolute Gasteiger partial charge is 0.497 e. The van der Waals surface area contributed by atoms with Gasteiger partial charge in [-0.05, 0) is 54.8 Å². The lowest BCUT2D eigenvalue weighted by Crippen LogP contribution is -2.49. The van der Waals surface area contributed by atoms with E-state index < -0.39 is 6.04 Å². The predicted octanol–water partition coefficient (Wildman–Crippen LogP) is 4.50. The smallest absolute Gasteiger partial charge is 0.247 e. The molecule has 2 atom stereocenters. The molecule has 2 amide bonds. The Bertz CT molecular complexity index is 905. The van der Waals surface area contributed by atoms with Crippen LogP contribution in [0, 0.1) is 0 Å². The van der Waals surface area contributed by atoms with Crippen LogP contribution >= 0.6 is 11.3 Å². The first kappa shape index (κ1) is 23.8. The summed E-state index contributed by atoms with van der Waals surface area (Å²) in [5.41, 5.74) is 0.764. The van der Waals surface area contributed by atoms with Gasteiger partial charge in [0.25, 0.3) is 0 Å². The highest BCUT2D eigenvalue weighted by Gasteiger charge is 2.35. The van der Waals surface area contributed by atoms with E-state index in [-0.39, 0.29) is 30.4 Å². The van der Waals surface area contributed by atoms with Crippen molar-refractivity contribution in [3.8, 4) is 5.75 Å². The molecule has 2 unspecified atom stereocenters. The van der Waals surface area contributed by atoms with Gasteiger partial charge in [0, 0.05) is 24.1 Å². The molecule has 2 aliphatic rings. The molecule has 1 aromatic heterocycles. The van der Waals surface area contributed by atoms with Crippen LogP contribution in [-0.2, 0) is 20.7 Å². The number of ether oxygens (including phenoxy) is 2. The fraction of sp³-hybridized carbons (Fsp3) is 0.538. The van der Waals surface area contributed by atoms with Crippen LogP contribution in [0.4, 0.5) is 0 Å². The number of carbonyl (C=O) groups excluding carboxylic acids is 2. The zero-order valence-corrected chi connectivity index (χ0v) is 20.1. The number of nitrogens with one attached hydrogen (secondary N) is 1. The fourth-order valence-corrected chi connectivity index (χ4v) is 5.53. The fourth-order valence-electron chi connectivity index (χ4n) is 4.83. The highest BCUT2D eigenvalue weighted by molar-refractivity contribution is 7.10. The van der Waals surface area contributed by atoms with Crippen LogP contribution in [-0.4, -0.2) is 49.1 Å². The van der Waals surface area contributed by atoms with Gasteiger partial charge in [0.05, 0.1) is 19.6 Å². The van der Waals surface area contributed by atoms with E-state index in [9.17, 15) is 9.59 Å². The summed E-state index contributed by atoms with van der Waals surface area (Å²) >= 11 is 1.56. The molecule has 0 radical (unpaired) electrons. The van der Waals surface area contributed by atoms with Crippen molar-refractivity contribution in [2.24, 2.45) is 0 Å². The maximum Gasteiger partial charge on any atom is 0.247 e. The highest BCUT2D eigenvalue weighted by Crippen LogP contribution is 2.29. The molecule has 2 fully saturated rings. The first-order valence-corrected chi connectivity index (χ1v) is 12.9. The van der Waals surface area contributed by atoms with Crippen LogP contribution in [0.1, 0.15) is 61.4 Å². The second kappa shape index (κ2) is 11.7. The maximum atomic E-state index is 13.7. The molecule has 4 rings (SSSR count). The van der Waals surface area contributed by atoms with E-state index >= 15 is 0 Å². The highest BCUT2D eigenvalue weighted by atomic mass is 32.1. The Morgan fingerprint density at radius 3 is 2.70 bits per heavy atom. The van der Waals surface area contributed by atoms with Crippen LogP contribution in [0.2, 0.25) is 0 Å².